The lowest BCUT2D eigenvalue weighted by Crippen LogP contribution is -2.16. The normalized spacial score (nSPS) is 13.0. The van der Waals surface area contributed by atoms with Crippen molar-refractivity contribution in [3.05, 3.63) is 58.0 Å². The van der Waals surface area contributed by atoms with E-state index in [1.807, 2.05) is 25.2 Å². The van der Waals surface area contributed by atoms with Crippen molar-refractivity contribution in [2.75, 3.05) is 7.05 Å². The lowest BCUT2D eigenvalue weighted by Gasteiger charge is -2.12. The number of thiophene rings is 1. The van der Waals surface area contributed by atoms with Crippen LogP contribution in [0.4, 0.5) is 0 Å². The molecule has 0 amide bonds. The van der Waals surface area contributed by atoms with Gasteiger partial charge < -0.3 is 9.73 Å². The minimum absolute atomic E-state index is 0.136. The quantitative estimate of drug-likeness (QED) is 0.763. The molecule has 0 spiro atoms. The molecule has 0 bridgehead atoms. The Labute approximate surface area is 110 Å². The smallest absolute Gasteiger partial charge is 0.134 e. The first-order valence-electron chi connectivity index (χ1n) is 5.99. The second-order valence-corrected chi connectivity index (χ2v) is 5.32. The third kappa shape index (κ3) is 1.85. The Bertz CT molecular complexity index is 635. The Morgan fingerprint density at radius 2 is 2.06 bits per heavy atom. The molecule has 2 heterocycles. The van der Waals surface area contributed by atoms with Crippen LogP contribution < -0.4 is 5.32 Å². The summed E-state index contributed by atoms with van der Waals surface area (Å²) in [6.07, 6.45) is 0. The molecule has 3 rings (SSSR count). The number of rotatable bonds is 3. The van der Waals surface area contributed by atoms with Crippen LogP contribution in [0.25, 0.3) is 11.0 Å². The highest BCUT2D eigenvalue weighted by Crippen LogP contribution is 2.32. The van der Waals surface area contributed by atoms with E-state index in [0.717, 1.165) is 16.7 Å². The number of nitrogens with one attached hydrogen (secondary N) is 1. The number of hydrogen-bond donors (Lipinski definition) is 1. The topological polar surface area (TPSA) is 25.2 Å². The van der Waals surface area contributed by atoms with E-state index >= 15 is 0 Å². The maximum Gasteiger partial charge on any atom is 0.134 e. The summed E-state index contributed by atoms with van der Waals surface area (Å²) in [6, 6.07) is 12.5. The van der Waals surface area contributed by atoms with Crippen LogP contribution in [-0.2, 0) is 0 Å². The van der Waals surface area contributed by atoms with Crippen molar-refractivity contribution in [1.82, 2.24) is 5.32 Å². The first kappa shape index (κ1) is 11.5. The summed E-state index contributed by atoms with van der Waals surface area (Å²) in [7, 11) is 1.97. The van der Waals surface area contributed by atoms with Crippen molar-refractivity contribution in [2.24, 2.45) is 0 Å². The fourth-order valence-corrected chi connectivity index (χ4v) is 3.27. The average Bonchev–Trinajstić information content (AvgIpc) is 2.97. The van der Waals surface area contributed by atoms with Gasteiger partial charge in [-0.15, -0.1) is 11.3 Å². The molecular weight excluding hydrogens is 242 g/mol. The van der Waals surface area contributed by atoms with Crippen LogP contribution in [0.5, 0.6) is 0 Å². The molecular formula is C15H15NOS. The molecule has 0 aliphatic carbocycles. The van der Waals surface area contributed by atoms with Crippen molar-refractivity contribution < 1.29 is 4.42 Å². The van der Waals surface area contributed by atoms with Gasteiger partial charge in [0.1, 0.15) is 17.4 Å². The van der Waals surface area contributed by atoms with E-state index in [9.17, 15) is 0 Å². The number of aryl methyl sites for hydroxylation is 1. The highest BCUT2D eigenvalue weighted by molar-refractivity contribution is 7.10. The lowest BCUT2D eigenvalue weighted by molar-refractivity contribution is 0.494. The molecule has 3 aromatic rings. The highest BCUT2D eigenvalue weighted by atomic mass is 32.1. The molecule has 1 aromatic carbocycles. The minimum atomic E-state index is 0.136. The molecule has 0 aliphatic heterocycles. The third-order valence-corrected chi connectivity index (χ3v) is 4.27. The van der Waals surface area contributed by atoms with Gasteiger partial charge in [0, 0.05) is 10.3 Å². The zero-order chi connectivity index (χ0) is 12.5. The molecule has 0 radical (unpaired) electrons. The Morgan fingerprint density at radius 3 is 2.72 bits per heavy atom. The first-order valence-corrected chi connectivity index (χ1v) is 6.87. The van der Waals surface area contributed by atoms with E-state index in [2.05, 4.69) is 35.8 Å². The van der Waals surface area contributed by atoms with E-state index in [1.165, 1.54) is 10.4 Å². The predicted octanol–water partition coefficient (Wildman–Crippen LogP) is 4.11. The van der Waals surface area contributed by atoms with E-state index in [4.69, 9.17) is 4.42 Å². The van der Waals surface area contributed by atoms with Gasteiger partial charge in [-0.25, -0.2) is 0 Å². The van der Waals surface area contributed by atoms with Crippen LogP contribution in [0, 0.1) is 6.92 Å². The van der Waals surface area contributed by atoms with Crippen LogP contribution in [-0.4, -0.2) is 7.05 Å². The molecule has 0 fully saturated rings. The molecule has 0 saturated heterocycles. The third-order valence-electron chi connectivity index (χ3n) is 3.18. The second-order valence-electron chi connectivity index (χ2n) is 4.38. The van der Waals surface area contributed by atoms with E-state index in [-0.39, 0.29) is 6.04 Å². The SMILES string of the molecule is CNC(c1cc2ccccc2o1)c1sccc1C. The average molecular weight is 257 g/mol. The first-order chi connectivity index (χ1) is 8.79. The van der Waals surface area contributed by atoms with Gasteiger partial charge >= 0.3 is 0 Å². The standard InChI is InChI=1S/C15H15NOS/c1-10-7-8-18-15(10)14(16-2)13-9-11-5-3-4-6-12(11)17-13/h3-9,14,16H,1-2H3. The van der Waals surface area contributed by atoms with Crippen LogP contribution in [0.15, 0.2) is 46.2 Å². The highest BCUT2D eigenvalue weighted by Gasteiger charge is 2.19. The molecule has 1 atom stereocenters. The largest absolute Gasteiger partial charge is 0.459 e. The number of fused-ring (bicyclic) bond motifs is 1. The van der Waals surface area contributed by atoms with Gasteiger partial charge in [-0.2, -0.15) is 0 Å². The van der Waals surface area contributed by atoms with Crippen molar-refractivity contribution in [3.8, 4) is 0 Å². The summed E-state index contributed by atoms with van der Waals surface area (Å²) in [4.78, 5) is 1.32. The zero-order valence-corrected chi connectivity index (χ0v) is 11.3. The molecule has 2 nitrogen and oxygen atoms in total. The Morgan fingerprint density at radius 1 is 1.22 bits per heavy atom. The molecule has 3 heteroatoms. The number of furan rings is 1. The van der Waals surface area contributed by atoms with Crippen molar-refractivity contribution in [2.45, 2.75) is 13.0 Å². The summed E-state index contributed by atoms with van der Waals surface area (Å²) < 4.78 is 5.94. The fourth-order valence-electron chi connectivity index (χ4n) is 2.23. The molecule has 18 heavy (non-hydrogen) atoms. The molecule has 92 valence electrons. The van der Waals surface area contributed by atoms with Gasteiger partial charge in [-0.3, -0.25) is 0 Å². The Hall–Kier alpha value is -1.58. The maximum absolute atomic E-state index is 5.94. The second kappa shape index (κ2) is 4.59. The molecule has 0 aliphatic rings. The van der Waals surface area contributed by atoms with Crippen LogP contribution in [0.3, 0.4) is 0 Å². The van der Waals surface area contributed by atoms with Crippen LogP contribution in [0.2, 0.25) is 0 Å². The molecule has 1 N–H and O–H groups in total. The monoisotopic (exact) mass is 257 g/mol. The van der Waals surface area contributed by atoms with E-state index < -0.39 is 0 Å². The van der Waals surface area contributed by atoms with Crippen molar-refractivity contribution >= 4 is 22.3 Å². The van der Waals surface area contributed by atoms with Crippen LogP contribution >= 0.6 is 11.3 Å². The summed E-state index contributed by atoms with van der Waals surface area (Å²) in [5.41, 5.74) is 2.25. The molecule has 2 aromatic heterocycles. The number of para-hydroxylation sites is 1. The Balaban J connectivity index is 2.09. The molecule has 1 unspecified atom stereocenters. The van der Waals surface area contributed by atoms with Gasteiger partial charge in [0.2, 0.25) is 0 Å². The Kier molecular flexibility index (Phi) is 2.94. The van der Waals surface area contributed by atoms with E-state index in [0.29, 0.717) is 0 Å². The number of benzene rings is 1. The summed E-state index contributed by atoms with van der Waals surface area (Å²) in [5.74, 6) is 0.976. The lowest BCUT2D eigenvalue weighted by atomic mass is 10.1. The maximum atomic E-state index is 5.94. The minimum Gasteiger partial charge on any atom is -0.459 e. The summed E-state index contributed by atoms with van der Waals surface area (Å²) in [5, 5.41) is 6.62. The number of hydrogen-bond acceptors (Lipinski definition) is 3. The van der Waals surface area contributed by atoms with Crippen molar-refractivity contribution in [1.29, 1.82) is 0 Å². The van der Waals surface area contributed by atoms with Crippen LogP contribution in [0.1, 0.15) is 22.2 Å². The van der Waals surface area contributed by atoms with Gasteiger partial charge in [0.05, 0.1) is 0 Å². The zero-order valence-electron chi connectivity index (χ0n) is 10.4. The fraction of sp³-hybridized carbons (Fsp3) is 0.200. The molecule has 0 saturated carbocycles. The predicted molar refractivity (Wildman–Crippen MR) is 76.2 cm³/mol. The summed E-state index contributed by atoms with van der Waals surface area (Å²) >= 11 is 1.76. The summed E-state index contributed by atoms with van der Waals surface area (Å²) in [6.45, 7) is 2.14. The van der Waals surface area contributed by atoms with Gasteiger partial charge in [-0.05, 0) is 43.1 Å². The van der Waals surface area contributed by atoms with Gasteiger partial charge in [-0.1, -0.05) is 18.2 Å². The van der Waals surface area contributed by atoms with Gasteiger partial charge in [0.15, 0.2) is 0 Å². The van der Waals surface area contributed by atoms with E-state index in [1.54, 1.807) is 11.3 Å². The van der Waals surface area contributed by atoms with Crippen molar-refractivity contribution in [3.63, 3.8) is 0 Å². The van der Waals surface area contributed by atoms with Gasteiger partial charge in [0.25, 0.3) is 0 Å².